The number of H-pyrrole nitrogens is 1. The summed E-state index contributed by atoms with van der Waals surface area (Å²) < 4.78 is 7.36. The maximum atomic E-state index is 12.2. The number of aliphatic hydroxyl groups is 2. The van der Waals surface area contributed by atoms with E-state index in [1.54, 1.807) is 18.4 Å². The normalized spacial score (nSPS) is 31.2. The first kappa shape index (κ1) is 16.2. The Balaban J connectivity index is 1.70. The van der Waals surface area contributed by atoms with Crippen molar-refractivity contribution in [1.29, 1.82) is 0 Å². The first-order chi connectivity index (χ1) is 11.8. The molecule has 4 rings (SSSR count). The molecule has 10 heteroatoms. The van der Waals surface area contributed by atoms with Gasteiger partial charge in [0.1, 0.15) is 11.8 Å². The van der Waals surface area contributed by atoms with Crippen LogP contribution in [-0.2, 0) is 9.53 Å². The Bertz CT molecular complexity index is 905. The quantitative estimate of drug-likeness (QED) is 0.585. The fourth-order valence-electron chi connectivity index (χ4n) is 3.13. The van der Waals surface area contributed by atoms with Gasteiger partial charge in [-0.3, -0.25) is 24.5 Å². The Morgan fingerprint density at radius 1 is 1.48 bits per heavy atom. The molecule has 2 fully saturated rings. The Kier molecular flexibility index (Phi) is 3.46. The molecule has 3 heterocycles. The zero-order chi connectivity index (χ0) is 17.9. The van der Waals surface area contributed by atoms with Gasteiger partial charge in [0.25, 0.3) is 5.56 Å². The number of carbonyl (C=O) groups excluding carboxylic acids is 1. The Morgan fingerprint density at radius 2 is 2.20 bits per heavy atom. The van der Waals surface area contributed by atoms with Crippen molar-refractivity contribution in [2.45, 2.75) is 50.7 Å². The number of aromatic amines is 1. The number of nitrogens with one attached hydrogen (secondary N) is 2. The van der Waals surface area contributed by atoms with Crippen molar-refractivity contribution < 1.29 is 19.7 Å². The number of nitrogens with zero attached hydrogens (tertiary/aromatic N) is 3. The predicted octanol–water partition coefficient (Wildman–Crippen LogP) is -0.503. The molecule has 4 atom stereocenters. The van der Waals surface area contributed by atoms with Crippen LogP contribution in [0.2, 0.25) is 0 Å². The van der Waals surface area contributed by atoms with Crippen LogP contribution < -0.4 is 10.9 Å². The zero-order valence-electron chi connectivity index (χ0n) is 13.8. The van der Waals surface area contributed by atoms with Crippen LogP contribution in [0.5, 0.6) is 0 Å². The number of hydrogen-bond donors (Lipinski definition) is 4. The highest BCUT2D eigenvalue weighted by Crippen LogP contribution is 2.52. The van der Waals surface area contributed by atoms with Gasteiger partial charge in [-0.05, 0) is 0 Å². The number of hydrogen-bond acceptors (Lipinski definition) is 7. The summed E-state index contributed by atoms with van der Waals surface area (Å²) >= 11 is 0. The minimum atomic E-state index is -0.933. The smallest absolute Gasteiger partial charge is 0.280 e. The van der Waals surface area contributed by atoms with Crippen LogP contribution in [0.3, 0.4) is 0 Å². The van der Waals surface area contributed by atoms with Gasteiger partial charge in [-0.1, -0.05) is 13.8 Å². The minimum Gasteiger partial charge on any atom is -0.390 e. The molecule has 2 aromatic heterocycles. The number of ether oxygens (including phenoxy) is 1. The fourth-order valence-corrected chi connectivity index (χ4v) is 3.13. The van der Waals surface area contributed by atoms with E-state index in [0.717, 1.165) is 0 Å². The molecular formula is C15H19N5O5. The molecule has 1 aliphatic carbocycles. The van der Waals surface area contributed by atoms with Crippen LogP contribution in [0.25, 0.3) is 11.2 Å². The molecule has 10 nitrogen and oxygen atoms in total. The molecule has 2 unspecified atom stereocenters. The van der Waals surface area contributed by atoms with Gasteiger partial charge in [0.2, 0.25) is 11.9 Å². The van der Waals surface area contributed by atoms with Crippen molar-refractivity contribution in [1.82, 2.24) is 19.5 Å². The first-order valence-corrected chi connectivity index (χ1v) is 8.13. The van der Waals surface area contributed by atoms with E-state index >= 15 is 0 Å². The average molecular weight is 349 g/mol. The van der Waals surface area contributed by atoms with Gasteiger partial charge in [0.05, 0.1) is 18.5 Å². The van der Waals surface area contributed by atoms with Crippen molar-refractivity contribution in [3.8, 4) is 0 Å². The van der Waals surface area contributed by atoms with Crippen LogP contribution >= 0.6 is 0 Å². The largest absolute Gasteiger partial charge is 0.390 e. The minimum absolute atomic E-state index is 0.0256. The molecule has 0 bridgehead atoms. The van der Waals surface area contributed by atoms with Crippen molar-refractivity contribution in [3.63, 3.8) is 0 Å². The Labute approximate surface area is 141 Å². The monoisotopic (exact) mass is 349 g/mol. The highest BCUT2D eigenvalue weighted by Gasteiger charge is 2.65. The number of anilines is 1. The molecular weight excluding hydrogens is 330 g/mol. The van der Waals surface area contributed by atoms with Gasteiger partial charge in [0, 0.05) is 18.8 Å². The van der Waals surface area contributed by atoms with Crippen LogP contribution in [0, 0.1) is 5.92 Å². The predicted molar refractivity (Wildman–Crippen MR) is 85.7 cm³/mol. The summed E-state index contributed by atoms with van der Waals surface area (Å²) in [6, 6.07) is 0. The second-order valence-corrected chi connectivity index (χ2v) is 6.88. The number of carbonyl (C=O) groups is 1. The van der Waals surface area contributed by atoms with Crippen molar-refractivity contribution in [2.24, 2.45) is 5.92 Å². The molecule has 1 aliphatic heterocycles. The van der Waals surface area contributed by atoms with Gasteiger partial charge in [0.15, 0.2) is 11.2 Å². The van der Waals surface area contributed by atoms with Gasteiger partial charge < -0.3 is 14.9 Å². The van der Waals surface area contributed by atoms with E-state index < -0.39 is 29.6 Å². The van der Waals surface area contributed by atoms with Crippen LogP contribution in [-0.4, -0.2) is 53.4 Å². The highest BCUT2D eigenvalue weighted by molar-refractivity contribution is 5.91. The van der Waals surface area contributed by atoms with Crippen LogP contribution in [0.1, 0.15) is 32.9 Å². The summed E-state index contributed by atoms with van der Waals surface area (Å²) in [5.74, 6) is -0.519. The molecule has 134 valence electrons. The summed E-state index contributed by atoms with van der Waals surface area (Å²) in [6.45, 7) is 3.45. The molecule has 25 heavy (non-hydrogen) atoms. The molecule has 2 aliphatic rings. The number of aromatic nitrogens is 4. The summed E-state index contributed by atoms with van der Waals surface area (Å²) in [7, 11) is 0. The number of amides is 1. The molecule has 1 saturated heterocycles. The van der Waals surface area contributed by atoms with Crippen LogP contribution in [0.15, 0.2) is 11.1 Å². The number of fused-ring (bicyclic) bond motifs is 1. The number of imidazole rings is 1. The summed E-state index contributed by atoms with van der Waals surface area (Å²) in [6.07, 6.45) is -0.0515. The second-order valence-electron chi connectivity index (χ2n) is 6.88. The third-order valence-corrected chi connectivity index (χ3v) is 4.77. The van der Waals surface area contributed by atoms with E-state index in [2.05, 4.69) is 20.3 Å². The molecule has 0 aromatic carbocycles. The Hall–Kier alpha value is -2.30. The maximum Gasteiger partial charge on any atom is 0.280 e. The van der Waals surface area contributed by atoms with Gasteiger partial charge in [-0.25, -0.2) is 4.98 Å². The fraction of sp³-hybridized carbons (Fsp3) is 0.600. The number of rotatable bonds is 3. The highest BCUT2D eigenvalue weighted by atomic mass is 16.6. The lowest BCUT2D eigenvalue weighted by Crippen LogP contribution is -2.27. The molecule has 1 amide bonds. The van der Waals surface area contributed by atoms with Crippen molar-refractivity contribution in [3.05, 3.63) is 16.7 Å². The lowest BCUT2D eigenvalue weighted by Gasteiger charge is -2.15. The van der Waals surface area contributed by atoms with E-state index in [-0.39, 0.29) is 35.4 Å². The Morgan fingerprint density at radius 3 is 2.80 bits per heavy atom. The van der Waals surface area contributed by atoms with E-state index in [1.165, 1.54) is 6.33 Å². The average Bonchev–Trinajstić information content (AvgIpc) is 2.89. The van der Waals surface area contributed by atoms with E-state index in [4.69, 9.17) is 4.74 Å². The molecule has 1 saturated carbocycles. The molecule has 2 aromatic rings. The number of aliphatic hydroxyl groups excluding tert-OH is 2. The lowest BCUT2D eigenvalue weighted by molar-refractivity contribution is -0.118. The van der Waals surface area contributed by atoms with Crippen molar-refractivity contribution in [2.75, 3.05) is 5.32 Å². The van der Waals surface area contributed by atoms with Crippen LogP contribution in [0.4, 0.5) is 5.95 Å². The molecule has 0 radical (unpaired) electrons. The van der Waals surface area contributed by atoms with E-state index in [0.29, 0.717) is 6.42 Å². The maximum absolute atomic E-state index is 12.2. The van der Waals surface area contributed by atoms with E-state index in [9.17, 15) is 19.8 Å². The summed E-state index contributed by atoms with van der Waals surface area (Å²) in [5, 5.41) is 22.4. The van der Waals surface area contributed by atoms with Gasteiger partial charge in [-0.15, -0.1) is 0 Å². The second kappa shape index (κ2) is 5.35. The third-order valence-electron chi connectivity index (χ3n) is 4.77. The molecule has 4 N–H and O–H groups in total. The first-order valence-electron chi connectivity index (χ1n) is 8.13. The third kappa shape index (κ3) is 2.44. The van der Waals surface area contributed by atoms with Gasteiger partial charge in [-0.2, -0.15) is 4.98 Å². The SMILES string of the molecule is CC(C)C(=O)Nc1nc2c(ncn2[C@H]2C[C@H](O)C3(CC3O)O2)c(=O)[nH]1. The lowest BCUT2D eigenvalue weighted by atomic mass is 10.1. The van der Waals surface area contributed by atoms with Crippen molar-refractivity contribution >= 4 is 23.0 Å². The summed E-state index contributed by atoms with van der Waals surface area (Å²) in [4.78, 5) is 34.8. The zero-order valence-corrected chi connectivity index (χ0v) is 13.8. The topological polar surface area (TPSA) is 142 Å². The summed E-state index contributed by atoms with van der Waals surface area (Å²) in [5.41, 5.74) is -1.07. The molecule has 1 spiro atoms. The van der Waals surface area contributed by atoms with E-state index in [1.807, 2.05) is 0 Å². The van der Waals surface area contributed by atoms with Gasteiger partial charge >= 0.3 is 0 Å². The standard InChI is InChI=1S/C15H19N5O5/c1-6(2)12(23)18-14-17-11-10(13(24)19-14)16-5-20(11)9-3-7(21)15(25-9)4-8(15)22/h5-9,21-22H,3-4H2,1-2H3,(H2,17,18,19,23,24)/t7-,8?,9+,15?/m0/s1.